The quantitative estimate of drug-likeness (QED) is 0.802. The largest absolute Gasteiger partial charge is 0.419 e. The number of hydrogen-bond donors (Lipinski definition) is 1. The molecule has 0 aromatic carbocycles. The lowest BCUT2D eigenvalue weighted by molar-refractivity contribution is -0.137. The van der Waals surface area contributed by atoms with Gasteiger partial charge in [-0.1, -0.05) is 13.8 Å². The normalized spacial score (nSPS) is 23.4. The molecular formula is C21H28F3N5O. The van der Waals surface area contributed by atoms with Gasteiger partial charge in [0.25, 0.3) is 0 Å². The van der Waals surface area contributed by atoms with Gasteiger partial charge in [0.1, 0.15) is 11.6 Å². The van der Waals surface area contributed by atoms with Crippen molar-refractivity contribution in [1.82, 2.24) is 19.4 Å². The third-order valence-electron chi connectivity index (χ3n) is 6.05. The van der Waals surface area contributed by atoms with Crippen molar-refractivity contribution in [2.45, 2.75) is 57.3 Å². The van der Waals surface area contributed by atoms with Crippen LogP contribution in [0.25, 0.3) is 11.3 Å². The highest BCUT2D eigenvalue weighted by Crippen LogP contribution is 2.40. The molecule has 1 saturated heterocycles. The van der Waals surface area contributed by atoms with Crippen LogP contribution in [0.1, 0.15) is 56.5 Å². The number of nitrogens with two attached hydrogens (primary N) is 1. The summed E-state index contributed by atoms with van der Waals surface area (Å²) < 4.78 is 47.4. The summed E-state index contributed by atoms with van der Waals surface area (Å²) in [5.41, 5.74) is 5.35. The van der Waals surface area contributed by atoms with Crippen LogP contribution >= 0.6 is 0 Å². The maximum Gasteiger partial charge on any atom is 0.419 e. The average molecular weight is 423 g/mol. The van der Waals surface area contributed by atoms with Gasteiger partial charge in [-0.3, -0.25) is 4.90 Å². The van der Waals surface area contributed by atoms with Crippen LogP contribution in [0.4, 0.5) is 19.0 Å². The highest BCUT2D eigenvalue weighted by Gasteiger charge is 2.37. The van der Waals surface area contributed by atoms with E-state index < -0.39 is 17.6 Å². The minimum absolute atomic E-state index is 0.160. The Balaban J connectivity index is 1.56. The van der Waals surface area contributed by atoms with Gasteiger partial charge >= 0.3 is 6.18 Å². The summed E-state index contributed by atoms with van der Waals surface area (Å²) in [5, 5.41) is 0. The van der Waals surface area contributed by atoms with Crippen LogP contribution in [0, 0.1) is 0 Å². The van der Waals surface area contributed by atoms with Gasteiger partial charge in [0.15, 0.2) is 0 Å². The molecule has 0 atom stereocenters. The van der Waals surface area contributed by atoms with Gasteiger partial charge in [-0.05, 0) is 25.3 Å². The van der Waals surface area contributed by atoms with E-state index in [1.165, 1.54) is 6.20 Å². The number of halogens is 3. The highest BCUT2D eigenvalue weighted by atomic mass is 19.4. The third kappa shape index (κ3) is 4.18. The zero-order valence-electron chi connectivity index (χ0n) is 17.3. The summed E-state index contributed by atoms with van der Waals surface area (Å²) in [6, 6.07) is 1.87. The Kier molecular flexibility index (Phi) is 5.76. The lowest BCUT2D eigenvalue weighted by atomic mass is 9.84. The molecule has 4 rings (SSSR count). The fourth-order valence-electron chi connectivity index (χ4n) is 4.32. The second-order valence-electron chi connectivity index (χ2n) is 8.48. The second-order valence-corrected chi connectivity index (χ2v) is 8.48. The van der Waals surface area contributed by atoms with Crippen LogP contribution in [0.5, 0.6) is 0 Å². The van der Waals surface area contributed by atoms with Crippen molar-refractivity contribution < 1.29 is 17.9 Å². The minimum atomic E-state index is -4.55. The number of hydrogen-bond acceptors (Lipinski definition) is 5. The Morgan fingerprint density at radius 3 is 2.63 bits per heavy atom. The standard InChI is InChI=1S/C21H28F3N5O/c1-13(2)20-27-18(14-8-17(21(22,23)24)19(25)26-11-14)12-29(20)16-9-15(10-16)28-4-3-6-30-7-5-28/h8,11-13,15-16H,3-7,9-10H2,1-2H3,(H2,25,26)/t15-,16+. The molecule has 3 heterocycles. The molecule has 164 valence electrons. The molecule has 1 aliphatic heterocycles. The molecule has 30 heavy (non-hydrogen) atoms. The van der Waals surface area contributed by atoms with E-state index >= 15 is 0 Å². The van der Waals surface area contributed by atoms with Crippen LogP contribution in [0.15, 0.2) is 18.5 Å². The van der Waals surface area contributed by atoms with E-state index in [9.17, 15) is 13.2 Å². The summed E-state index contributed by atoms with van der Waals surface area (Å²) in [7, 11) is 0. The van der Waals surface area contributed by atoms with E-state index in [1.54, 1.807) is 0 Å². The minimum Gasteiger partial charge on any atom is -0.383 e. The fraction of sp³-hybridized carbons (Fsp3) is 0.619. The Bertz CT molecular complexity index is 881. The smallest absolute Gasteiger partial charge is 0.383 e. The molecule has 9 heteroatoms. The number of alkyl halides is 3. The van der Waals surface area contributed by atoms with Gasteiger partial charge in [-0.25, -0.2) is 9.97 Å². The van der Waals surface area contributed by atoms with Crippen molar-refractivity contribution in [3.05, 3.63) is 29.8 Å². The molecule has 2 aromatic heterocycles. The van der Waals surface area contributed by atoms with E-state index in [0.717, 1.165) is 57.5 Å². The van der Waals surface area contributed by atoms with Crippen molar-refractivity contribution in [3.63, 3.8) is 0 Å². The molecule has 1 aliphatic carbocycles. The molecule has 0 bridgehead atoms. The van der Waals surface area contributed by atoms with Crippen molar-refractivity contribution in [1.29, 1.82) is 0 Å². The first-order valence-electron chi connectivity index (χ1n) is 10.5. The van der Waals surface area contributed by atoms with Gasteiger partial charge in [-0.15, -0.1) is 0 Å². The van der Waals surface area contributed by atoms with Crippen molar-refractivity contribution in [2.24, 2.45) is 0 Å². The van der Waals surface area contributed by atoms with E-state index in [0.29, 0.717) is 23.3 Å². The number of ether oxygens (including phenoxy) is 1. The predicted octanol–water partition coefficient (Wildman–Crippen LogP) is 4.10. The maximum absolute atomic E-state index is 13.2. The molecule has 2 aliphatic rings. The maximum atomic E-state index is 13.2. The summed E-state index contributed by atoms with van der Waals surface area (Å²) in [4.78, 5) is 10.9. The zero-order chi connectivity index (χ0) is 21.5. The van der Waals surface area contributed by atoms with Gasteiger partial charge in [0.05, 0.1) is 17.9 Å². The Morgan fingerprint density at radius 1 is 1.17 bits per heavy atom. The number of imidazole rings is 1. The third-order valence-corrected chi connectivity index (χ3v) is 6.05. The van der Waals surface area contributed by atoms with Gasteiger partial charge in [-0.2, -0.15) is 13.2 Å². The summed E-state index contributed by atoms with van der Waals surface area (Å²) >= 11 is 0. The molecule has 6 nitrogen and oxygen atoms in total. The van der Waals surface area contributed by atoms with Crippen molar-refractivity contribution in [2.75, 3.05) is 32.0 Å². The van der Waals surface area contributed by atoms with Crippen LogP contribution in [0.2, 0.25) is 0 Å². The number of rotatable bonds is 4. The number of nitrogens with zero attached hydrogens (tertiary/aromatic N) is 4. The first kappa shape index (κ1) is 21.1. The first-order valence-corrected chi connectivity index (χ1v) is 10.5. The fourth-order valence-corrected chi connectivity index (χ4v) is 4.32. The van der Waals surface area contributed by atoms with Crippen LogP contribution in [-0.4, -0.2) is 51.8 Å². The lowest BCUT2D eigenvalue weighted by Crippen LogP contribution is -2.46. The molecule has 0 unspecified atom stereocenters. The van der Waals surface area contributed by atoms with Crippen LogP contribution in [0.3, 0.4) is 0 Å². The SMILES string of the molecule is CC(C)c1nc(-c2cnc(N)c(C(F)(F)F)c2)cn1[C@H]1C[C@@H](N2CCCOCC2)C1. The number of pyridine rings is 1. The lowest BCUT2D eigenvalue weighted by Gasteiger charge is -2.43. The zero-order valence-corrected chi connectivity index (χ0v) is 17.3. The van der Waals surface area contributed by atoms with Crippen LogP contribution < -0.4 is 5.73 Å². The Morgan fingerprint density at radius 2 is 1.93 bits per heavy atom. The van der Waals surface area contributed by atoms with Gasteiger partial charge in [0.2, 0.25) is 0 Å². The van der Waals surface area contributed by atoms with Gasteiger partial charge < -0.3 is 15.0 Å². The molecule has 2 aromatic rings. The van der Waals surface area contributed by atoms with Crippen molar-refractivity contribution in [3.8, 4) is 11.3 Å². The Labute approximate surface area is 174 Å². The summed E-state index contributed by atoms with van der Waals surface area (Å²) in [6.45, 7) is 7.71. The topological polar surface area (TPSA) is 69.2 Å². The molecule has 1 saturated carbocycles. The highest BCUT2D eigenvalue weighted by molar-refractivity contribution is 5.62. The number of nitrogen functional groups attached to an aromatic ring is 1. The molecule has 0 amide bonds. The van der Waals surface area contributed by atoms with Crippen molar-refractivity contribution >= 4 is 5.82 Å². The van der Waals surface area contributed by atoms with E-state index in [4.69, 9.17) is 10.5 Å². The average Bonchev–Trinajstić information content (AvgIpc) is 2.89. The first-order chi connectivity index (χ1) is 14.2. The monoisotopic (exact) mass is 423 g/mol. The van der Waals surface area contributed by atoms with E-state index in [1.807, 2.05) is 20.0 Å². The Hall–Kier alpha value is -2.13. The summed E-state index contributed by atoms with van der Waals surface area (Å²) in [5.74, 6) is 0.532. The predicted molar refractivity (Wildman–Crippen MR) is 108 cm³/mol. The van der Waals surface area contributed by atoms with Crippen LogP contribution in [-0.2, 0) is 10.9 Å². The molecule has 0 radical (unpaired) electrons. The van der Waals surface area contributed by atoms with E-state index in [-0.39, 0.29) is 5.92 Å². The van der Waals surface area contributed by atoms with E-state index in [2.05, 4.69) is 19.4 Å². The second kappa shape index (κ2) is 8.19. The molecular weight excluding hydrogens is 395 g/mol. The van der Waals surface area contributed by atoms with Gasteiger partial charge in [0, 0.05) is 55.7 Å². The number of aromatic nitrogens is 3. The molecule has 0 spiro atoms. The summed E-state index contributed by atoms with van der Waals surface area (Å²) in [6.07, 6.45) is 1.78. The molecule has 2 fully saturated rings. The number of anilines is 1. The molecule has 2 N–H and O–H groups in total.